The van der Waals surface area contributed by atoms with Crippen LogP contribution in [0.2, 0.25) is 0 Å². The third kappa shape index (κ3) is 4.37. The van der Waals surface area contributed by atoms with Gasteiger partial charge in [0.25, 0.3) is 5.91 Å². The van der Waals surface area contributed by atoms with E-state index >= 15 is 0 Å². The van der Waals surface area contributed by atoms with E-state index in [4.69, 9.17) is 9.47 Å². The Morgan fingerprint density at radius 2 is 1.79 bits per heavy atom. The number of amides is 1. The van der Waals surface area contributed by atoms with Crippen LogP contribution in [-0.4, -0.2) is 50.8 Å². The molecule has 4 rings (SSSR count). The van der Waals surface area contributed by atoms with E-state index < -0.39 is 0 Å². The highest BCUT2D eigenvalue weighted by Gasteiger charge is 2.26. The van der Waals surface area contributed by atoms with Crippen molar-refractivity contribution >= 4 is 5.91 Å². The molecule has 3 aromatic rings. The average Bonchev–Trinajstić information content (AvgIpc) is 3.20. The largest absolute Gasteiger partial charge is 0.497 e. The molecule has 0 atom stereocenters. The molecule has 0 unspecified atom stereocenters. The van der Waals surface area contributed by atoms with Gasteiger partial charge in [-0.25, -0.2) is 4.98 Å². The first-order valence-electron chi connectivity index (χ1n) is 9.55. The van der Waals surface area contributed by atoms with Crippen LogP contribution in [0.15, 0.2) is 48.9 Å². The predicted molar refractivity (Wildman–Crippen MR) is 106 cm³/mol. The maximum absolute atomic E-state index is 12.6. The summed E-state index contributed by atoms with van der Waals surface area (Å²) in [6.07, 6.45) is 6.83. The van der Waals surface area contributed by atoms with Crippen LogP contribution in [-0.2, 0) is 7.05 Å². The molecule has 2 aromatic heterocycles. The average molecular weight is 393 g/mol. The number of benzene rings is 1. The number of aromatic nitrogens is 4. The first-order chi connectivity index (χ1) is 14.1. The van der Waals surface area contributed by atoms with E-state index in [0.29, 0.717) is 30.4 Å². The SMILES string of the molecule is COc1ccc(Oc2cncc(C3CCN(C(=O)c4ccn(C)n4)CC3)n2)cc1. The molecule has 0 spiro atoms. The summed E-state index contributed by atoms with van der Waals surface area (Å²) in [5.74, 6) is 2.12. The normalized spacial score (nSPS) is 14.6. The minimum Gasteiger partial charge on any atom is -0.497 e. The van der Waals surface area contributed by atoms with E-state index in [9.17, 15) is 4.79 Å². The smallest absolute Gasteiger partial charge is 0.274 e. The van der Waals surface area contributed by atoms with Gasteiger partial charge in [0, 0.05) is 38.4 Å². The Hall–Kier alpha value is -3.42. The highest BCUT2D eigenvalue weighted by atomic mass is 16.5. The van der Waals surface area contributed by atoms with Crippen molar-refractivity contribution in [2.24, 2.45) is 7.05 Å². The number of hydrogen-bond donors (Lipinski definition) is 0. The molecule has 0 bridgehead atoms. The minimum atomic E-state index is -0.0216. The van der Waals surface area contributed by atoms with E-state index in [2.05, 4.69) is 15.1 Å². The van der Waals surface area contributed by atoms with Gasteiger partial charge in [-0.2, -0.15) is 5.10 Å². The number of ether oxygens (including phenoxy) is 2. The van der Waals surface area contributed by atoms with Gasteiger partial charge in [-0.1, -0.05) is 0 Å². The second-order valence-electron chi connectivity index (χ2n) is 7.00. The highest BCUT2D eigenvalue weighted by molar-refractivity contribution is 5.92. The Kier molecular flexibility index (Phi) is 5.41. The van der Waals surface area contributed by atoms with Crippen molar-refractivity contribution in [3.8, 4) is 17.4 Å². The molecule has 1 fully saturated rings. The van der Waals surface area contributed by atoms with Gasteiger partial charge in [0.05, 0.1) is 19.0 Å². The summed E-state index contributed by atoms with van der Waals surface area (Å²) in [4.78, 5) is 23.3. The third-order valence-electron chi connectivity index (χ3n) is 5.05. The van der Waals surface area contributed by atoms with E-state index in [-0.39, 0.29) is 11.8 Å². The highest BCUT2D eigenvalue weighted by Crippen LogP contribution is 2.29. The fraction of sp³-hybridized carbons (Fsp3) is 0.333. The Morgan fingerprint density at radius 1 is 1.07 bits per heavy atom. The summed E-state index contributed by atoms with van der Waals surface area (Å²) in [5, 5.41) is 4.20. The van der Waals surface area contributed by atoms with Crippen LogP contribution in [0.25, 0.3) is 0 Å². The number of rotatable bonds is 5. The first kappa shape index (κ1) is 18.9. The lowest BCUT2D eigenvalue weighted by Crippen LogP contribution is -2.38. The molecule has 1 saturated heterocycles. The molecule has 1 aromatic carbocycles. The van der Waals surface area contributed by atoms with Crippen LogP contribution in [0.5, 0.6) is 17.4 Å². The molecule has 1 amide bonds. The van der Waals surface area contributed by atoms with Crippen LogP contribution in [0, 0.1) is 0 Å². The molecule has 150 valence electrons. The molecule has 8 heteroatoms. The zero-order chi connectivity index (χ0) is 20.2. The monoisotopic (exact) mass is 393 g/mol. The van der Waals surface area contributed by atoms with E-state index in [1.165, 1.54) is 0 Å². The number of piperidine rings is 1. The molecule has 3 heterocycles. The summed E-state index contributed by atoms with van der Waals surface area (Å²) < 4.78 is 12.6. The van der Waals surface area contributed by atoms with Crippen molar-refractivity contribution in [3.05, 3.63) is 60.3 Å². The zero-order valence-electron chi connectivity index (χ0n) is 16.5. The summed E-state index contributed by atoms with van der Waals surface area (Å²) in [5.41, 5.74) is 1.38. The fourth-order valence-electron chi connectivity index (χ4n) is 3.44. The van der Waals surface area contributed by atoms with Crippen molar-refractivity contribution in [1.82, 2.24) is 24.6 Å². The molecule has 8 nitrogen and oxygen atoms in total. The second-order valence-corrected chi connectivity index (χ2v) is 7.00. The lowest BCUT2D eigenvalue weighted by molar-refractivity contribution is 0.0705. The van der Waals surface area contributed by atoms with Gasteiger partial charge in [-0.3, -0.25) is 14.5 Å². The van der Waals surface area contributed by atoms with Crippen molar-refractivity contribution in [2.75, 3.05) is 20.2 Å². The number of methoxy groups -OCH3 is 1. The van der Waals surface area contributed by atoms with Gasteiger partial charge >= 0.3 is 0 Å². The molecular formula is C21H23N5O3. The van der Waals surface area contributed by atoms with Crippen LogP contribution >= 0.6 is 0 Å². The Balaban J connectivity index is 1.38. The van der Waals surface area contributed by atoms with Gasteiger partial charge < -0.3 is 14.4 Å². The van der Waals surface area contributed by atoms with Gasteiger partial charge in [0.15, 0.2) is 0 Å². The Labute approximate surface area is 169 Å². The summed E-state index contributed by atoms with van der Waals surface area (Å²) >= 11 is 0. The molecule has 29 heavy (non-hydrogen) atoms. The third-order valence-corrected chi connectivity index (χ3v) is 5.05. The summed E-state index contributed by atoms with van der Waals surface area (Å²) in [6, 6.07) is 9.07. The first-order valence-corrected chi connectivity index (χ1v) is 9.55. The van der Waals surface area contributed by atoms with Gasteiger partial charge in [-0.15, -0.1) is 0 Å². The van der Waals surface area contributed by atoms with Crippen LogP contribution in [0.3, 0.4) is 0 Å². The lowest BCUT2D eigenvalue weighted by Gasteiger charge is -2.31. The molecule has 0 radical (unpaired) electrons. The van der Waals surface area contributed by atoms with Gasteiger partial charge in [-0.05, 0) is 43.2 Å². The Bertz CT molecular complexity index is 978. The van der Waals surface area contributed by atoms with Crippen molar-refractivity contribution in [1.29, 1.82) is 0 Å². The molecular weight excluding hydrogens is 370 g/mol. The van der Waals surface area contributed by atoms with Crippen molar-refractivity contribution in [2.45, 2.75) is 18.8 Å². The maximum atomic E-state index is 12.6. The number of carbonyl (C=O) groups excluding carboxylic acids is 1. The van der Waals surface area contributed by atoms with Crippen molar-refractivity contribution in [3.63, 3.8) is 0 Å². The molecule has 0 N–H and O–H groups in total. The van der Waals surface area contributed by atoms with Crippen LogP contribution in [0.4, 0.5) is 0 Å². The summed E-state index contributed by atoms with van der Waals surface area (Å²) in [6.45, 7) is 1.34. The minimum absolute atomic E-state index is 0.0216. The lowest BCUT2D eigenvalue weighted by atomic mass is 9.93. The molecule has 1 aliphatic rings. The standard InChI is InChI=1S/C21H23N5O3/c1-25-10-9-18(24-25)21(27)26-11-7-15(8-12-26)19-13-22-14-20(23-19)29-17-5-3-16(28-2)4-6-17/h3-6,9-10,13-15H,7-8,11-12H2,1-2H3. The Morgan fingerprint density at radius 3 is 2.45 bits per heavy atom. The number of nitrogens with zero attached hydrogens (tertiary/aromatic N) is 5. The van der Waals surface area contributed by atoms with Gasteiger partial charge in [0.2, 0.25) is 5.88 Å². The van der Waals surface area contributed by atoms with E-state index in [1.807, 2.05) is 36.2 Å². The molecule has 0 aliphatic carbocycles. The molecule has 0 saturated carbocycles. The van der Waals surface area contributed by atoms with Crippen molar-refractivity contribution < 1.29 is 14.3 Å². The van der Waals surface area contributed by atoms with Gasteiger partial charge in [0.1, 0.15) is 17.2 Å². The number of carbonyl (C=O) groups is 1. The van der Waals surface area contributed by atoms with Crippen LogP contribution < -0.4 is 9.47 Å². The van der Waals surface area contributed by atoms with E-state index in [0.717, 1.165) is 24.3 Å². The number of aryl methyl sites for hydroxylation is 1. The predicted octanol–water partition coefficient (Wildman–Crippen LogP) is 3.03. The second kappa shape index (κ2) is 8.30. The number of hydrogen-bond acceptors (Lipinski definition) is 6. The fourth-order valence-corrected chi connectivity index (χ4v) is 3.44. The number of likely N-dealkylation sites (tertiary alicyclic amines) is 1. The molecule has 1 aliphatic heterocycles. The quantitative estimate of drug-likeness (QED) is 0.663. The van der Waals surface area contributed by atoms with Crippen LogP contribution in [0.1, 0.15) is 34.9 Å². The zero-order valence-corrected chi connectivity index (χ0v) is 16.5. The maximum Gasteiger partial charge on any atom is 0.274 e. The van der Waals surface area contributed by atoms with E-state index in [1.54, 1.807) is 36.4 Å². The topological polar surface area (TPSA) is 82.4 Å². The summed E-state index contributed by atoms with van der Waals surface area (Å²) in [7, 11) is 3.43.